The first-order valence-electron chi connectivity index (χ1n) is 7.26. The Kier molecular flexibility index (Phi) is 5.84. The molecule has 2 amide bonds. The van der Waals surface area contributed by atoms with Gasteiger partial charge in [-0.3, -0.25) is 9.88 Å². The van der Waals surface area contributed by atoms with Crippen LogP contribution in [0.4, 0.5) is 10.6 Å². The molecule has 0 spiro atoms. The number of nitrogens with one attached hydrogen (secondary N) is 2. The van der Waals surface area contributed by atoms with E-state index in [9.17, 15) is 9.59 Å². The van der Waals surface area contributed by atoms with Crippen LogP contribution in [-0.2, 0) is 6.54 Å². The predicted molar refractivity (Wildman–Crippen MR) is 88.4 cm³/mol. The minimum absolute atomic E-state index is 0.125. The third-order valence-electron chi connectivity index (χ3n) is 3.16. The average Bonchev–Trinajstić information content (AvgIpc) is 2.52. The topological polar surface area (TPSA) is 128 Å². The van der Waals surface area contributed by atoms with Crippen LogP contribution in [0.5, 0.6) is 0 Å². The summed E-state index contributed by atoms with van der Waals surface area (Å²) < 4.78 is 1.39. The zero-order valence-corrected chi connectivity index (χ0v) is 12.7. The van der Waals surface area contributed by atoms with Crippen LogP contribution in [-0.4, -0.2) is 28.7 Å². The lowest BCUT2D eigenvalue weighted by Gasteiger charge is -2.08. The van der Waals surface area contributed by atoms with Crippen LogP contribution < -0.4 is 27.8 Å². The van der Waals surface area contributed by atoms with Gasteiger partial charge < -0.3 is 16.8 Å². The maximum absolute atomic E-state index is 12.0. The van der Waals surface area contributed by atoms with E-state index in [4.69, 9.17) is 11.5 Å². The quantitative estimate of drug-likeness (QED) is 0.541. The zero-order valence-electron chi connectivity index (χ0n) is 12.7. The number of nitrogens with two attached hydrogens (primary N) is 2. The molecule has 0 radical (unpaired) electrons. The molecule has 23 heavy (non-hydrogen) atoms. The summed E-state index contributed by atoms with van der Waals surface area (Å²) >= 11 is 0. The van der Waals surface area contributed by atoms with Crippen molar-refractivity contribution >= 4 is 11.8 Å². The van der Waals surface area contributed by atoms with E-state index in [-0.39, 0.29) is 5.82 Å². The number of hydrogen-bond acceptors (Lipinski definition) is 5. The van der Waals surface area contributed by atoms with Crippen molar-refractivity contribution in [3.8, 4) is 5.69 Å². The summed E-state index contributed by atoms with van der Waals surface area (Å²) in [7, 11) is 0. The Labute approximate surface area is 133 Å². The van der Waals surface area contributed by atoms with Gasteiger partial charge in [-0.05, 0) is 43.3 Å². The molecule has 1 aromatic heterocycles. The van der Waals surface area contributed by atoms with Crippen LogP contribution in [0.2, 0.25) is 0 Å². The Hall–Kier alpha value is -2.71. The van der Waals surface area contributed by atoms with E-state index in [1.54, 1.807) is 0 Å². The lowest BCUT2D eigenvalue weighted by molar-refractivity contribution is 0.259. The summed E-state index contributed by atoms with van der Waals surface area (Å²) in [5.74, 6) is 0.125. The molecule has 0 bridgehead atoms. The number of primary amides is 1. The van der Waals surface area contributed by atoms with Gasteiger partial charge in [-0.25, -0.2) is 9.59 Å². The fraction of sp³-hybridized carbons (Fsp3) is 0.267. The summed E-state index contributed by atoms with van der Waals surface area (Å²) in [6.45, 7) is 2.29. The molecule has 0 aliphatic heterocycles. The van der Waals surface area contributed by atoms with Crippen LogP contribution >= 0.6 is 0 Å². The van der Waals surface area contributed by atoms with Crippen molar-refractivity contribution in [2.45, 2.75) is 13.0 Å². The van der Waals surface area contributed by atoms with Gasteiger partial charge in [-0.2, -0.15) is 4.98 Å². The minimum Gasteiger partial charge on any atom is -0.351 e. The molecule has 0 saturated carbocycles. The van der Waals surface area contributed by atoms with Crippen LogP contribution in [0.1, 0.15) is 12.0 Å². The monoisotopic (exact) mass is 316 g/mol. The van der Waals surface area contributed by atoms with Gasteiger partial charge in [0.1, 0.15) is 5.82 Å². The summed E-state index contributed by atoms with van der Waals surface area (Å²) in [5, 5.41) is 5.55. The third-order valence-corrected chi connectivity index (χ3v) is 3.16. The smallest absolute Gasteiger partial charge is 0.351 e. The number of carbonyl (C=O) groups is 1. The van der Waals surface area contributed by atoms with Gasteiger partial charge in [0.15, 0.2) is 0 Å². The van der Waals surface area contributed by atoms with E-state index in [1.807, 2.05) is 24.3 Å². The minimum atomic E-state index is -0.763. The van der Waals surface area contributed by atoms with Crippen molar-refractivity contribution in [3.63, 3.8) is 0 Å². The van der Waals surface area contributed by atoms with Crippen molar-refractivity contribution in [3.05, 3.63) is 52.6 Å². The van der Waals surface area contributed by atoms with Gasteiger partial charge in [0.05, 0.1) is 5.69 Å². The highest BCUT2D eigenvalue weighted by molar-refractivity contribution is 5.86. The second-order valence-electron chi connectivity index (χ2n) is 4.94. The molecule has 0 atom stereocenters. The summed E-state index contributed by atoms with van der Waals surface area (Å²) in [6, 6.07) is 8.30. The van der Waals surface area contributed by atoms with Gasteiger partial charge in [-0.1, -0.05) is 12.1 Å². The number of amides is 2. The predicted octanol–water partition coefficient (Wildman–Crippen LogP) is 0.161. The second kappa shape index (κ2) is 8.06. The van der Waals surface area contributed by atoms with Crippen molar-refractivity contribution in [2.24, 2.45) is 11.5 Å². The van der Waals surface area contributed by atoms with Crippen molar-refractivity contribution in [2.75, 3.05) is 18.4 Å². The van der Waals surface area contributed by atoms with Crippen molar-refractivity contribution < 1.29 is 4.79 Å². The largest absolute Gasteiger partial charge is 0.354 e. The van der Waals surface area contributed by atoms with E-state index in [1.165, 1.54) is 16.8 Å². The van der Waals surface area contributed by atoms with Gasteiger partial charge in [-0.15, -0.1) is 0 Å². The van der Waals surface area contributed by atoms with Gasteiger partial charge in [0.2, 0.25) is 0 Å². The summed E-state index contributed by atoms with van der Waals surface area (Å²) in [5.41, 5.74) is 11.7. The van der Waals surface area contributed by atoms with Gasteiger partial charge in [0, 0.05) is 12.7 Å². The van der Waals surface area contributed by atoms with E-state index >= 15 is 0 Å². The number of anilines is 1. The fourth-order valence-corrected chi connectivity index (χ4v) is 2.03. The lowest BCUT2D eigenvalue weighted by atomic mass is 10.2. The molecule has 2 rings (SSSR count). The molecule has 1 aromatic carbocycles. The van der Waals surface area contributed by atoms with Gasteiger partial charge in [0.25, 0.3) is 0 Å². The van der Waals surface area contributed by atoms with E-state index in [0.29, 0.717) is 12.2 Å². The lowest BCUT2D eigenvalue weighted by Crippen LogP contribution is -2.25. The summed E-state index contributed by atoms with van der Waals surface area (Å²) in [4.78, 5) is 26.5. The first-order chi connectivity index (χ1) is 11.1. The maximum atomic E-state index is 12.0. The van der Waals surface area contributed by atoms with Crippen LogP contribution in [0, 0.1) is 0 Å². The molecule has 0 unspecified atom stereocenters. The number of nitrogens with zero attached hydrogens (tertiary/aromatic N) is 2. The second-order valence-corrected chi connectivity index (χ2v) is 4.94. The number of benzene rings is 1. The van der Waals surface area contributed by atoms with Gasteiger partial charge >= 0.3 is 11.7 Å². The SMILES string of the molecule is NCCCNCc1ccc(-n2ccc(NC(N)=O)nc2=O)cc1. The first-order valence-corrected chi connectivity index (χ1v) is 7.26. The Morgan fingerprint density at radius 1 is 1.22 bits per heavy atom. The molecule has 0 fully saturated rings. The van der Waals surface area contributed by atoms with Crippen molar-refractivity contribution in [1.82, 2.24) is 14.9 Å². The number of carbonyl (C=O) groups excluding carboxylic acids is 1. The maximum Gasteiger partial charge on any atom is 0.354 e. The Balaban J connectivity index is 2.07. The highest BCUT2D eigenvalue weighted by Crippen LogP contribution is 2.08. The third kappa shape index (κ3) is 4.90. The highest BCUT2D eigenvalue weighted by atomic mass is 16.2. The van der Waals surface area contributed by atoms with E-state index in [2.05, 4.69) is 15.6 Å². The van der Waals surface area contributed by atoms with E-state index in [0.717, 1.165) is 25.1 Å². The van der Waals surface area contributed by atoms with Crippen LogP contribution in [0.3, 0.4) is 0 Å². The molecule has 0 aliphatic carbocycles. The molecule has 8 nitrogen and oxygen atoms in total. The zero-order chi connectivity index (χ0) is 16.7. The molecule has 8 heteroatoms. The molecular weight excluding hydrogens is 296 g/mol. The van der Waals surface area contributed by atoms with Crippen LogP contribution in [0.25, 0.3) is 5.69 Å². The average molecular weight is 316 g/mol. The number of aromatic nitrogens is 2. The molecule has 0 aliphatic rings. The van der Waals surface area contributed by atoms with Crippen molar-refractivity contribution in [1.29, 1.82) is 0 Å². The molecular formula is C15H20N6O2. The molecule has 122 valence electrons. The number of urea groups is 1. The Morgan fingerprint density at radius 2 is 1.96 bits per heavy atom. The van der Waals surface area contributed by atoms with Crippen LogP contribution in [0.15, 0.2) is 41.3 Å². The van der Waals surface area contributed by atoms with E-state index < -0.39 is 11.7 Å². The summed E-state index contributed by atoms with van der Waals surface area (Å²) in [6.07, 6.45) is 2.47. The molecule has 1 heterocycles. The first kappa shape index (κ1) is 16.7. The fourth-order valence-electron chi connectivity index (χ4n) is 2.03. The molecule has 0 saturated heterocycles. The number of rotatable bonds is 7. The number of hydrogen-bond donors (Lipinski definition) is 4. The Morgan fingerprint density at radius 3 is 2.57 bits per heavy atom. The normalized spacial score (nSPS) is 10.5. The highest BCUT2D eigenvalue weighted by Gasteiger charge is 2.04. The molecule has 2 aromatic rings. The Bertz CT molecular complexity index is 711. The molecule has 6 N–H and O–H groups in total. The standard InChI is InChI=1S/C15H20N6O2/c16-7-1-8-18-10-11-2-4-12(5-3-11)21-9-6-13(19-14(17)22)20-15(21)23/h2-6,9,18H,1,7-8,10,16H2,(H3,17,19,20,22,23).